The van der Waals surface area contributed by atoms with Crippen LogP contribution in [0, 0.1) is 5.92 Å². The monoisotopic (exact) mass is 447 g/mol. The molecule has 0 saturated carbocycles. The normalized spacial score (nSPS) is 11.3. The van der Waals surface area contributed by atoms with Crippen LogP contribution in [0.15, 0.2) is 54.0 Å². The highest BCUT2D eigenvalue weighted by Crippen LogP contribution is 2.29. The first-order valence-electron chi connectivity index (χ1n) is 10.5. The summed E-state index contributed by atoms with van der Waals surface area (Å²) in [6, 6.07) is 13.0. The van der Waals surface area contributed by atoms with E-state index >= 15 is 0 Å². The van der Waals surface area contributed by atoms with Gasteiger partial charge in [0.25, 0.3) is 5.91 Å². The van der Waals surface area contributed by atoms with Crippen molar-refractivity contribution in [2.45, 2.75) is 33.7 Å². The van der Waals surface area contributed by atoms with Gasteiger partial charge in [0.15, 0.2) is 5.65 Å². The first-order valence-corrected chi connectivity index (χ1v) is 11.4. The number of benzene rings is 1. The lowest BCUT2D eigenvalue weighted by Crippen LogP contribution is -2.17. The molecule has 0 aliphatic rings. The molecule has 2 amide bonds. The number of hydrogen-bond donors (Lipinski definition) is 2. The Labute approximate surface area is 190 Å². The van der Waals surface area contributed by atoms with Gasteiger partial charge in [-0.15, -0.1) is 11.3 Å². The zero-order valence-corrected chi connectivity index (χ0v) is 19.2. The molecule has 164 valence electrons. The molecule has 3 aromatic heterocycles. The van der Waals surface area contributed by atoms with Gasteiger partial charge in [-0.05, 0) is 55.6 Å². The van der Waals surface area contributed by atoms with Gasteiger partial charge in [-0.2, -0.15) is 5.10 Å². The summed E-state index contributed by atoms with van der Waals surface area (Å²) in [7, 11) is 0. The van der Waals surface area contributed by atoms with Crippen molar-refractivity contribution in [3.63, 3.8) is 0 Å². The van der Waals surface area contributed by atoms with Crippen LogP contribution in [0.1, 0.15) is 44.1 Å². The van der Waals surface area contributed by atoms with E-state index in [9.17, 15) is 9.59 Å². The van der Waals surface area contributed by atoms with Crippen LogP contribution in [0.3, 0.4) is 0 Å². The Kier molecular flexibility index (Phi) is 6.05. The zero-order valence-electron chi connectivity index (χ0n) is 18.4. The first-order chi connectivity index (χ1) is 15.3. The highest BCUT2D eigenvalue weighted by molar-refractivity contribution is 7.13. The molecule has 0 radical (unpaired) electrons. The van der Waals surface area contributed by atoms with Gasteiger partial charge in [-0.25, -0.2) is 9.67 Å². The predicted octanol–water partition coefficient (Wildman–Crippen LogP) is 5.59. The van der Waals surface area contributed by atoms with Crippen LogP contribution in [0.5, 0.6) is 0 Å². The van der Waals surface area contributed by atoms with E-state index in [-0.39, 0.29) is 23.8 Å². The second-order valence-electron chi connectivity index (χ2n) is 8.13. The van der Waals surface area contributed by atoms with Gasteiger partial charge >= 0.3 is 0 Å². The van der Waals surface area contributed by atoms with Crippen LogP contribution in [0.2, 0.25) is 0 Å². The highest BCUT2D eigenvalue weighted by Gasteiger charge is 2.19. The summed E-state index contributed by atoms with van der Waals surface area (Å²) >= 11 is 1.58. The Balaban J connectivity index is 1.65. The molecule has 0 saturated heterocycles. The third-order valence-electron chi connectivity index (χ3n) is 5.01. The third-order valence-corrected chi connectivity index (χ3v) is 5.90. The lowest BCUT2D eigenvalue weighted by atomic mass is 10.1. The molecular formula is C24H25N5O2S. The first kappa shape index (κ1) is 21.7. The molecule has 0 aliphatic carbocycles. The van der Waals surface area contributed by atoms with Crippen LogP contribution in [0.4, 0.5) is 11.4 Å². The molecule has 32 heavy (non-hydrogen) atoms. The lowest BCUT2D eigenvalue weighted by molar-refractivity contribution is -0.118. The summed E-state index contributed by atoms with van der Waals surface area (Å²) in [4.78, 5) is 30.9. The summed E-state index contributed by atoms with van der Waals surface area (Å²) < 4.78 is 1.83. The number of carbonyl (C=O) groups is 2. The van der Waals surface area contributed by atoms with Crippen LogP contribution in [-0.2, 0) is 4.79 Å². The van der Waals surface area contributed by atoms with Crippen LogP contribution in [-0.4, -0.2) is 26.6 Å². The third kappa shape index (κ3) is 4.40. The number of rotatable bonds is 6. The number of aromatic nitrogens is 3. The van der Waals surface area contributed by atoms with Crippen molar-refractivity contribution in [1.82, 2.24) is 14.8 Å². The molecular weight excluding hydrogens is 422 g/mol. The number of pyridine rings is 1. The van der Waals surface area contributed by atoms with E-state index in [0.29, 0.717) is 28.0 Å². The lowest BCUT2D eigenvalue weighted by Gasteiger charge is -2.11. The molecule has 8 heteroatoms. The molecule has 0 bridgehead atoms. The zero-order chi connectivity index (χ0) is 22.8. The molecule has 0 fully saturated rings. The second kappa shape index (κ2) is 8.92. The number of fused-ring (bicyclic) bond motifs is 1. The van der Waals surface area contributed by atoms with Gasteiger partial charge < -0.3 is 10.6 Å². The van der Waals surface area contributed by atoms with Crippen molar-refractivity contribution < 1.29 is 9.59 Å². The molecule has 2 N–H and O–H groups in total. The molecule has 7 nitrogen and oxygen atoms in total. The van der Waals surface area contributed by atoms with E-state index in [1.54, 1.807) is 41.8 Å². The van der Waals surface area contributed by atoms with Gasteiger partial charge in [0.1, 0.15) is 0 Å². The summed E-state index contributed by atoms with van der Waals surface area (Å²) in [6.07, 6.45) is 1.69. The quantitative estimate of drug-likeness (QED) is 0.403. The standard InChI is InChI=1S/C24H25N5O2S/c1-14(2)23(30)26-16-7-9-17(10-8-16)27-24(31)18-12-20(21-6-5-11-32-21)28-22-19(18)13-25-29(22)15(3)4/h5-15H,1-4H3,(H,26,30)(H,27,31). The number of anilines is 2. The van der Waals surface area contributed by atoms with Crippen molar-refractivity contribution in [3.8, 4) is 10.6 Å². The van der Waals surface area contributed by atoms with E-state index in [0.717, 1.165) is 10.6 Å². The van der Waals surface area contributed by atoms with E-state index in [1.165, 1.54) is 0 Å². The Bertz CT molecular complexity index is 1260. The maximum absolute atomic E-state index is 13.2. The molecule has 0 spiro atoms. The topological polar surface area (TPSA) is 88.9 Å². The van der Waals surface area contributed by atoms with Crippen molar-refractivity contribution in [3.05, 3.63) is 59.6 Å². The fraction of sp³-hybridized carbons (Fsp3) is 0.250. The fourth-order valence-corrected chi connectivity index (χ4v) is 3.94. The number of nitrogens with zero attached hydrogens (tertiary/aromatic N) is 3. The van der Waals surface area contributed by atoms with Gasteiger partial charge in [0, 0.05) is 23.3 Å². The van der Waals surface area contributed by atoms with E-state index in [4.69, 9.17) is 4.98 Å². The van der Waals surface area contributed by atoms with Crippen molar-refractivity contribution in [1.29, 1.82) is 0 Å². The number of thiophene rings is 1. The molecule has 0 aliphatic heterocycles. The Morgan fingerprint density at radius 3 is 2.28 bits per heavy atom. The number of hydrogen-bond acceptors (Lipinski definition) is 5. The molecule has 0 atom stereocenters. The molecule has 4 aromatic rings. The van der Waals surface area contributed by atoms with Crippen molar-refractivity contribution >= 4 is 45.6 Å². The minimum absolute atomic E-state index is 0.0516. The minimum atomic E-state index is -0.238. The van der Waals surface area contributed by atoms with E-state index < -0.39 is 0 Å². The summed E-state index contributed by atoms with van der Waals surface area (Å²) in [6.45, 7) is 7.74. The SMILES string of the molecule is CC(C)C(=O)Nc1ccc(NC(=O)c2cc(-c3cccs3)nc3c2cnn3C(C)C)cc1. The average Bonchev–Trinajstić information content (AvgIpc) is 3.44. The Hall–Kier alpha value is -3.52. The van der Waals surface area contributed by atoms with Gasteiger partial charge in [-0.1, -0.05) is 19.9 Å². The molecule has 4 rings (SSSR count). The van der Waals surface area contributed by atoms with Crippen LogP contribution >= 0.6 is 11.3 Å². The van der Waals surface area contributed by atoms with Gasteiger partial charge in [-0.3, -0.25) is 9.59 Å². The number of carbonyl (C=O) groups excluding carboxylic acids is 2. The maximum Gasteiger partial charge on any atom is 0.256 e. The molecule has 1 aromatic carbocycles. The van der Waals surface area contributed by atoms with E-state index in [1.807, 2.05) is 56.0 Å². The highest BCUT2D eigenvalue weighted by atomic mass is 32.1. The molecule has 3 heterocycles. The fourth-order valence-electron chi connectivity index (χ4n) is 3.26. The van der Waals surface area contributed by atoms with Crippen LogP contribution < -0.4 is 10.6 Å². The van der Waals surface area contributed by atoms with Gasteiger partial charge in [0.05, 0.1) is 27.7 Å². The summed E-state index contributed by atoms with van der Waals surface area (Å²) in [5.74, 6) is -0.394. The van der Waals surface area contributed by atoms with Crippen molar-refractivity contribution in [2.75, 3.05) is 10.6 Å². The Morgan fingerprint density at radius 1 is 1.00 bits per heavy atom. The number of nitrogens with one attached hydrogen (secondary N) is 2. The average molecular weight is 448 g/mol. The maximum atomic E-state index is 13.2. The number of amides is 2. The predicted molar refractivity (Wildman–Crippen MR) is 129 cm³/mol. The smallest absolute Gasteiger partial charge is 0.256 e. The summed E-state index contributed by atoms with van der Waals surface area (Å²) in [5, 5.41) is 12.9. The Morgan fingerprint density at radius 2 is 1.69 bits per heavy atom. The van der Waals surface area contributed by atoms with Crippen molar-refractivity contribution in [2.24, 2.45) is 5.92 Å². The second-order valence-corrected chi connectivity index (χ2v) is 9.08. The minimum Gasteiger partial charge on any atom is -0.326 e. The van der Waals surface area contributed by atoms with Crippen LogP contribution in [0.25, 0.3) is 21.6 Å². The molecule has 0 unspecified atom stereocenters. The summed E-state index contributed by atoms with van der Waals surface area (Å²) in [5.41, 5.74) is 3.26. The van der Waals surface area contributed by atoms with E-state index in [2.05, 4.69) is 15.7 Å². The largest absolute Gasteiger partial charge is 0.326 e. The van der Waals surface area contributed by atoms with Gasteiger partial charge in [0.2, 0.25) is 5.91 Å².